The molecule has 0 saturated heterocycles. The normalized spacial score (nSPS) is 15.0. The number of fused-ring (bicyclic) bond motifs is 1. The van der Waals surface area contributed by atoms with Gasteiger partial charge >= 0.3 is 0 Å². The Morgan fingerprint density at radius 3 is 2.59 bits per heavy atom. The van der Waals surface area contributed by atoms with Crippen LogP contribution in [0.25, 0.3) is 0 Å². The maximum Gasteiger partial charge on any atom is 0.0633 e. The molecule has 0 heterocycles. The van der Waals surface area contributed by atoms with Crippen molar-refractivity contribution >= 4 is 0 Å². The first kappa shape index (κ1) is 12.6. The van der Waals surface area contributed by atoms with Gasteiger partial charge in [-0.1, -0.05) is 18.2 Å². The van der Waals surface area contributed by atoms with Gasteiger partial charge < -0.3 is 15.5 Å². The van der Waals surface area contributed by atoms with E-state index in [1.807, 2.05) is 6.92 Å². The molecular weight excluding hydrogens is 214 g/mol. The number of hydrogen-bond acceptors (Lipinski definition) is 3. The maximum atomic E-state index is 9.20. The van der Waals surface area contributed by atoms with Gasteiger partial charge in [0, 0.05) is 6.54 Å². The molecule has 3 heteroatoms. The van der Waals surface area contributed by atoms with Gasteiger partial charge in [-0.25, -0.2) is 0 Å². The highest BCUT2D eigenvalue weighted by Gasteiger charge is 2.21. The Balaban J connectivity index is 2.00. The summed E-state index contributed by atoms with van der Waals surface area (Å²) in [4.78, 5) is 0. The minimum absolute atomic E-state index is 0.0611. The van der Waals surface area contributed by atoms with E-state index in [-0.39, 0.29) is 13.2 Å². The fraction of sp³-hybridized carbons (Fsp3) is 0.571. The van der Waals surface area contributed by atoms with E-state index in [0.29, 0.717) is 6.54 Å². The Labute approximate surface area is 102 Å². The van der Waals surface area contributed by atoms with E-state index in [2.05, 4.69) is 23.5 Å². The van der Waals surface area contributed by atoms with Crippen molar-refractivity contribution in [1.29, 1.82) is 0 Å². The van der Waals surface area contributed by atoms with Crippen LogP contribution in [-0.2, 0) is 19.4 Å². The Morgan fingerprint density at radius 1 is 1.18 bits per heavy atom. The molecule has 0 aliphatic heterocycles. The summed E-state index contributed by atoms with van der Waals surface area (Å²) in [5.74, 6) is 0. The van der Waals surface area contributed by atoms with Crippen molar-refractivity contribution in [1.82, 2.24) is 5.32 Å². The van der Waals surface area contributed by atoms with E-state index in [9.17, 15) is 10.2 Å². The molecule has 0 fully saturated rings. The zero-order valence-electron chi connectivity index (χ0n) is 10.4. The smallest absolute Gasteiger partial charge is 0.0633 e. The molecule has 0 bridgehead atoms. The van der Waals surface area contributed by atoms with E-state index in [1.54, 1.807) is 0 Å². The second-order valence-corrected chi connectivity index (χ2v) is 5.19. The van der Waals surface area contributed by atoms with Gasteiger partial charge in [-0.15, -0.1) is 0 Å². The molecule has 3 N–H and O–H groups in total. The number of aliphatic hydroxyl groups is 2. The summed E-state index contributed by atoms with van der Waals surface area (Å²) in [6, 6.07) is 6.57. The summed E-state index contributed by atoms with van der Waals surface area (Å²) in [6.07, 6.45) is 3.64. The topological polar surface area (TPSA) is 52.5 Å². The molecule has 1 aromatic carbocycles. The molecule has 0 saturated carbocycles. The third-order valence-corrected chi connectivity index (χ3v) is 3.58. The van der Waals surface area contributed by atoms with Crippen LogP contribution in [-0.4, -0.2) is 29.0 Å². The minimum atomic E-state index is -0.598. The standard InChI is InChI=1S/C14H21NO2/c1-14(9-16,10-17)15-8-11-5-6-12-3-2-4-13(12)7-11/h5-7,15-17H,2-4,8-10H2,1H3. The van der Waals surface area contributed by atoms with Crippen molar-refractivity contribution in [2.45, 2.75) is 38.3 Å². The zero-order chi connectivity index (χ0) is 12.3. The molecule has 0 aromatic heterocycles. The van der Waals surface area contributed by atoms with Crippen LogP contribution in [0.4, 0.5) is 0 Å². The van der Waals surface area contributed by atoms with Crippen molar-refractivity contribution in [3.63, 3.8) is 0 Å². The van der Waals surface area contributed by atoms with Crippen molar-refractivity contribution in [3.05, 3.63) is 34.9 Å². The summed E-state index contributed by atoms with van der Waals surface area (Å²) in [7, 11) is 0. The molecule has 1 aliphatic rings. The average molecular weight is 235 g/mol. The summed E-state index contributed by atoms with van der Waals surface area (Å²) in [5, 5.41) is 21.6. The van der Waals surface area contributed by atoms with Crippen LogP contribution in [0.1, 0.15) is 30.0 Å². The van der Waals surface area contributed by atoms with Crippen LogP contribution in [0.3, 0.4) is 0 Å². The highest BCUT2D eigenvalue weighted by Crippen LogP contribution is 2.22. The SMILES string of the molecule is CC(CO)(CO)NCc1ccc2c(c1)CCC2. The molecule has 94 valence electrons. The summed E-state index contributed by atoms with van der Waals surface area (Å²) in [6.45, 7) is 2.38. The molecule has 2 rings (SSSR count). The van der Waals surface area contributed by atoms with Gasteiger partial charge in [0.15, 0.2) is 0 Å². The van der Waals surface area contributed by atoms with Crippen molar-refractivity contribution < 1.29 is 10.2 Å². The van der Waals surface area contributed by atoms with E-state index >= 15 is 0 Å². The lowest BCUT2D eigenvalue weighted by atomic mass is 10.0. The highest BCUT2D eigenvalue weighted by atomic mass is 16.3. The first-order valence-corrected chi connectivity index (χ1v) is 6.24. The molecule has 17 heavy (non-hydrogen) atoms. The van der Waals surface area contributed by atoms with Crippen molar-refractivity contribution in [3.8, 4) is 0 Å². The van der Waals surface area contributed by atoms with E-state index in [1.165, 1.54) is 36.0 Å². The predicted molar refractivity (Wildman–Crippen MR) is 67.9 cm³/mol. The van der Waals surface area contributed by atoms with Crippen LogP contribution in [0, 0.1) is 0 Å². The van der Waals surface area contributed by atoms with Gasteiger partial charge in [0.05, 0.1) is 18.8 Å². The fourth-order valence-corrected chi connectivity index (χ4v) is 2.21. The van der Waals surface area contributed by atoms with Crippen molar-refractivity contribution in [2.75, 3.05) is 13.2 Å². The summed E-state index contributed by atoms with van der Waals surface area (Å²) >= 11 is 0. The maximum absolute atomic E-state index is 9.20. The Hall–Kier alpha value is -0.900. The van der Waals surface area contributed by atoms with Crippen molar-refractivity contribution in [2.24, 2.45) is 0 Å². The number of aryl methyl sites for hydroxylation is 2. The number of benzene rings is 1. The monoisotopic (exact) mass is 235 g/mol. The lowest BCUT2D eigenvalue weighted by Crippen LogP contribution is -2.48. The van der Waals surface area contributed by atoms with Gasteiger partial charge in [-0.05, 0) is 42.9 Å². The third kappa shape index (κ3) is 2.86. The molecular formula is C14H21NO2. The van der Waals surface area contributed by atoms with Crippen LogP contribution < -0.4 is 5.32 Å². The van der Waals surface area contributed by atoms with Gasteiger partial charge in [-0.2, -0.15) is 0 Å². The Bertz CT molecular complexity index is 386. The Morgan fingerprint density at radius 2 is 1.88 bits per heavy atom. The quantitative estimate of drug-likeness (QED) is 0.714. The zero-order valence-corrected chi connectivity index (χ0v) is 10.4. The Kier molecular flexibility index (Phi) is 3.82. The molecule has 0 spiro atoms. The highest BCUT2D eigenvalue weighted by molar-refractivity contribution is 5.35. The van der Waals surface area contributed by atoms with E-state index in [4.69, 9.17) is 0 Å². The summed E-state index contributed by atoms with van der Waals surface area (Å²) < 4.78 is 0. The van der Waals surface area contributed by atoms with E-state index < -0.39 is 5.54 Å². The molecule has 0 radical (unpaired) electrons. The number of aliphatic hydroxyl groups excluding tert-OH is 2. The second-order valence-electron chi connectivity index (χ2n) is 5.19. The first-order chi connectivity index (χ1) is 8.17. The van der Waals surface area contributed by atoms with Gasteiger partial charge in [0.1, 0.15) is 0 Å². The second kappa shape index (κ2) is 5.17. The van der Waals surface area contributed by atoms with Crippen LogP contribution >= 0.6 is 0 Å². The minimum Gasteiger partial charge on any atom is -0.394 e. The van der Waals surface area contributed by atoms with Crippen LogP contribution in [0.2, 0.25) is 0 Å². The molecule has 1 aliphatic carbocycles. The van der Waals surface area contributed by atoms with Gasteiger partial charge in [0.2, 0.25) is 0 Å². The third-order valence-electron chi connectivity index (χ3n) is 3.58. The molecule has 0 atom stereocenters. The molecule has 0 amide bonds. The lowest BCUT2D eigenvalue weighted by molar-refractivity contribution is 0.103. The molecule has 0 unspecified atom stereocenters. The molecule has 1 aromatic rings. The van der Waals surface area contributed by atoms with Crippen LogP contribution in [0.15, 0.2) is 18.2 Å². The summed E-state index contributed by atoms with van der Waals surface area (Å²) in [5.41, 5.74) is 3.55. The fourth-order valence-electron chi connectivity index (χ4n) is 2.21. The predicted octanol–water partition coefficient (Wildman–Crippen LogP) is 1.01. The average Bonchev–Trinajstić information content (AvgIpc) is 2.83. The van der Waals surface area contributed by atoms with E-state index in [0.717, 1.165) is 0 Å². The van der Waals surface area contributed by atoms with Gasteiger partial charge in [0.25, 0.3) is 0 Å². The lowest BCUT2D eigenvalue weighted by Gasteiger charge is -2.26. The largest absolute Gasteiger partial charge is 0.394 e. The number of rotatable bonds is 5. The number of nitrogens with one attached hydrogen (secondary N) is 1. The molecule has 3 nitrogen and oxygen atoms in total. The number of hydrogen-bond donors (Lipinski definition) is 3. The van der Waals surface area contributed by atoms with Crippen LogP contribution in [0.5, 0.6) is 0 Å². The van der Waals surface area contributed by atoms with Gasteiger partial charge in [-0.3, -0.25) is 0 Å². The first-order valence-electron chi connectivity index (χ1n) is 6.24.